The van der Waals surface area contributed by atoms with Crippen LogP contribution in [0.5, 0.6) is 0 Å². The Labute approximate surface area is 164 Å². The Morgan fingerprint density at radius 2 is 1.68 bits per heavy atom. The molecule has 0 saturated carbocycles. The first-order valence-electron chi connectivity index (χ1n) is 7.77. The van der Waals surface area contributed by atoms with Gasteiger partial charge in [0.15, 0.2) is 0 Å². The molecule has 0 saturated heterocycles. The van der Waals surface area contributed by atoms with E-state index in [1.54, 1.807) is 6.07 Å². The molecular weight excluding hydrogens is 419 g/mol. The summed E-state index contributed by atoms with van der Waals surface area (Å²) in [5.41, 5.74) is 4.11. The summed E-state index contributed by atoms with van der Waals surface area (Å²) >= 11 is 15.9. The molecule has 124 valence electrons. The molecule has 0 aliphatic carbocycles. The quantitative estimate of drug-likeness (QED) is 0.348. The van der Waals surface area contributed by atoms with E-state index in [2.05, 4.69) is 38.7 Å². The molecule has 5 heteroatoms. The van der Waals surface area contributed by atoms with Gasteiger partial charge in [-0.3, -0.25) is 0 Å². The van der Waals surface area contributed by atoms with Crippen molar-refractivity contribution in [1.82, 2.24) is 9.55 Å². The second-order valence-electron chi connectivity index (χ2n) is 5.75. The molecule has 0 bridgehead atoms. The maximum absolute atomic E-state index is 6.39. The van der Waals surface area contributed by atoms with Crippen LogP contribution in [0.3, 0.4) is 0 Å². The van der Waals surface area contributed by atoms with Crippen LogP contribution in [-0.2, 0) is 6.54 Å². The van der Waals surface area contributed by atoms with Gasteiger partial charge >= 0.3 is 0 Å². The van der Waals surface area contributed by atoms with Crippen molar-refractivity contribution in [3.05, 3.63) is 86.8 Å². The maximum Gasteiger partial charge on any atom is 0.141 e. The van der Waals surface area contributed by atoms with Crippen LogP contribution in [0.4, 0.5) is 0 Å². The minimum absolute atomic E-state index is 0.627. The van der Waals surface area contributed by atoms with Crippen molar-refractivity contribution in [3.8, 4) is 11.4 Å². The third-order valence-electron chi connectivity index (χ3n) is 4.10. The highest BCUT2D eigenvalue weighted by Crippen LogP contribution is 2.29. The predicted octanol–water partition coefficient (Wildman–Crippen LogP) is 6.82. The highest BCUT2D eigenvalue weighted by Gasteiger charge is 2.14. The number of hydrogen-bond donors (Lipinski definition) is 0. The zero-order valence-corrected chi connectivity index (χ0v) is 16.2. The topological polar surface area (TPSA) is 17.8 Å². The van der Waals surface area contributed by atoms with Crippen LogP contribution >= 0.6 is 39.1 Å². The van der Waals surface area contributed by atoms with E-state index in [1.807, 2.05) is 42.5 Å². The lowest BCUT2D eigenvalue weighted by Gasteiger charge is -2.11. The Hall–Kier alpha value is -1.81. The van der Waals surface area contributed by atoms with Crippen LogP contribution < -0.4 is 0 Å². The Bertz CT molecular complexity index is 1060. The second-order valence-corrected chi connectivity index (χ2v) is 7.51. The molecule has 3 aromatic carbocycles. The Kier molecular flexibility index (Phi) is 4.55. The van der Waals surface area contributed by atoms with Crippen LogP contribution in [0.1, 0.15) is 5.56 Å². The van der Waals surface area contributed by atoms with Gasteiger partial charge in [0.1, 0.15) is 5.82 Å². The summed E-state index contributed by atoms with van der Waals surface area (Å²) in [6.07, 6.45) is 0. The number of rotatable bonds is 3. The number of hydrogen-bond acceptors (Lipinski definition) is 1. The van der Waals surface area contributed by atoms with E-state index in [4.69, 9.17) is 28.2 Å². The number of aromatic nitrogens is 2. The third-order valence-corrected chi connectivity index (χ3v) is 5.22. The highest BCUT2D eigenvalue weighted by molar-refractivity contribution is 9.10. The van der Waals surface area contributed by atoms with Gasteiger partial charge in [0, 0.05) is 20.1 Å². The molecule has 0 unspecified atom stereocenters. The average molecular weight is 432 g/mol. The Morgan fingerprint density at radius 3 is 2.44 bits per heavy atom. The van der Waals surface area contributed by atoms with Gasteiger partial charge in [0.25, 0.3) is 0 Å². The van der Waals surface area contributed by atoms with Crippen molar-refractivity contribution < 1.29 is 0 Å². The largest absolute Gasteiger partial charge is 0.319 e. The summed E-state index contributed by atoms with van der Waals surface area (Å²) < 4.78 is 3.23. The number of fused-ring (bicyclic) bond motifs is 1. The van der Waals surface area contributed by atoms with E-state index in [-0.39, 0.29) is 0 Å². The van der Waals surface area contributed by atoms with Crippen LogP contribution in [0.15, 0.2) is 71.2 Å². The summed E-state index contributed by atoms with van der Waals surface area (Å²) in [6, 6.07) is 21.9. The van der Waals surface area contributed by atoms with Gasteiger partial charge in [0.2, 0.25) is 0 Å². The zero-order chi connectivity index (χ0) is 17.4. The minimum atomic E-state index is 0.627. The minimum Gasteiger partial charge on any atom is -0.319 e. The van der Waals surface area contributed by atoms with Gasteiger partial charge in [-0.25, -0.2) is 4.98 Å². The summed E-state index contributed by atoms with van der Waals surface area (Å²) in [5.74, 6) is 0.916. The fourth-order valence-electron chi connectivity index (χ4n) is 2.88. The van der Waals surface area contributed by atoms with Crippen molar-refractivity contribution in [1.29, 1.82) is 0 Å². The smallest absolute Gasteiger partial charge is 0.141 e. The number of benzene rings is 3. The average Bonchev–Trinajstić information content (AvgIpc) is 2.97. The molecule has 2 nitrogen and oxygen atoms in total. The van der Waals surface area contributed by atoms with E-state index < -0.39 is 0 Å². The standard InChI is InChI=1S/C20H13BrCl2N2/c21-15-8-5-13(6-9-15)20-24-18-3-1-2-4-19(18)25(20)12-14-7-10-16(22)11-17(14)23/h1-11H,12H2. The summed E-state index contributed by atoms with van der Waals surface area (Å²) in [6.45, 7) is 0.627. The molecule has 4 aromatic rings. The van der Waals surface area contributed by atoms with Gasteiger partial charge in [-0.15, -0.1) is 0 Å². The molecule has 1 aromatic heterocycles. The monoisotopic (exact) mass is 430 g/mol. The maximum atomic E-state index is 6.39. The molecule has 0 N–H and O–H groups in total. The molecule has 0 fully saturated rings. The summed E-state index contributed by atoms with van der Waals surface area (Å²) in [5, 5.41) is 1.30. The third kappa shape index (κ3) is 3.32. The molecular formula is C20H13BrCl2N2. The van der Waals surface area contributed by atoms with Gasteiger partial charge in [0.05, 0.1) is 17.6 Å². The predicted molar refractivity (Wildman–Crippen MR) is 108 cm³/mol. The van der Waals surface area contributed by atoms with Crippen molar-refractivity contribution in [2.45, 2.75) is 6.54 Å². The highest BCUT2D eigenvalue weighted by atomic mass is 79.9. The number of nitrogens with zero attached hydrogens (tertiary/aromatic N) is 2. The molecule has 0 spiro atoms. The lowest BCUT2D eigenvalue weighted by molar-refractivity contribution is 0.834. The van der Waals surface area contributed by atoms with Crippen molar-refractivity contribution in [2.75, 3.05) is 0 Å². The van der Waals surface area contributed by atoms with E-state index in [0.29, 0.717) is 16.6 Å². The van der Waals surface area contributed by atoms with Crippen molar-refractivity contribution >= 4 is 50.2 Å². The normalized spacial score (nSPS) is 11.2. The first-order valence-corrected chi connectivity index (χ1v) is 9.32. The van der Waals surface area contributed by atoms with Gasteiger partial charge < -0.3 is 4.57 Å². The molecule has 25 heavy (non-hydrogen) atoms. The van der Waals surface area contributed by atoms with E-state index in [0.717, 1.165) is 32.5 Å². The molecule has 0 amide bonds. The van der Waals surface area contributed by atoms with E-state index in [9.17, 15) is 0 Å². The molecule has 0 atom stereocenters. The Balaban J connectivity index is 1.88. The molecule has 0 aliphatic heterocycles. The second kappa shape index (κ2) is 6.83. The van der Waals surface area contributed by atoms with E-state index >= 15 is 0 Å². The fraction of sp³-hybridized carbons (Fsp3) is 0.0500. The first kappa shape index (κ1) is 16.6. The van der Waals surface area contributed by atoms with Crippen LogP contribution in [0, 0.1) is 0 Å². The van der Waals surface area contributed by atoms with Gasteiger partial charge in [-0.2, -0.15) is 0 Å². The van der Waals surface area contributed by atoms with Gasteiger partial charge in [-0.1, -0.05) is 69.5 Å². The van der Waals surface area contributed by atoms with E-state index in [1.165, 1.54) is 0 Å². The summed E-state index contributed by atoms with van der Waals surface area (Å²) in [4.78, 5) is 4.83. The Morgan fingerprint density at radius 1 is 0.920 bits per heavy atom. The SMILES string of the molecule is Clc1ccc(Cn2c(-c3ccc(Br)cc3)nc3ccccc32)c(Cl)c1. The fourth-order valence-corrected chi connectivity index (χ4v) is 3.61. The van der Waals surface area contributed by atoms with Crippen LogP contribution in [0.2, 0.25) is 10.0 Å². The first-order chi connectivity index (χ1) is 12.1. The number of para-hydroxylation sites is 2. The molecule has 1 heterocycles. The van der Waals surface area contributed by atoms with Crippen molar-refractivity contribution in [2.24, 2.45) is 0 Å². The summed E-state index contributed by atoms with van der Waals surface area (Å²) in [7, 11) is 0. The molecule has 0 aliphatic rings. The zero-order valence-electron chi connectivity index (χ0n) is 13.1. The van der Waals surface area contributed by atoms with Crippen LogP contribution in [0.25, 0.3) is 22.4 Å². The molecule has 0 radical (unpaired) electrons. The number of imidazole rings is 1. The number of halogens is 3. The lowest BCUT2D eigenvalue weighted by atomic mass is 10.2. The molecule has 4 rings (SSSR count). The van der Waals surface area contributed by atoms with Gasteiger partial charge in [-0.05, 0) is 42.0 Å². The lowest BCUT2D eigenvalue weighted by Crippen LogP contribution is -2.03. The van der Waals surface area contributed by atoms with Crippen molar-refractivity contribution in [3.63, 3.8) is 0 Å². The van der Waals surface area contributed by atoms with Crippen LogP contribution in [-0.4, -0.2) is 9.55 Å².